The van der Waals surface area contributed by atoms with Crippen molar-refractivity contribution in [2.45, 2.75) is 6.61 Å². The zero-order valence-electron chi connectivity index (χ0n) is 7.41. The van der Waals surface area contributed by atoms with E-state index in [0.29, 0.717) is 12.2 Å². The van der Waals surface area contributed by atoms with Crippen LogP contribution in [0.15, 0.2) is 24.3 Å². The normalized spacial score (nSPS) is 9.62. The number of benzene rings is 1. The number of rotatable bonds is 4. The van der Waals surface area contributed by atoms with E-state index >= 15 is 0 Å². The van der Waals surface area contributed by atoms with E-state index in [1.54, 1.807) is 19.2 Å². The molecule has 0 aromatic heterocycles. The van der Waals surface area contributed by atoms with Crippen LogP contribution in [0, 0.1) is 5.41 Å². The second kappa shape index (κ2) is 4.52. The molecule has 0 fully saturated rings. The molecule has 0 unspecified atom stereocenters. The number of methoxy groups -OCH3 is 1. The summed E-state index contributed by atoms with van der Waals surface area (Å²) >= 11 is 0. The van der Waals surface area contributed by atoms with Gasteiger partial charge in [0.15, 0.2) is 0 Å². The Kier molecular flexibility index (Phi) is 3.34. The Hall–Kier alpha value is -1.48. The molecular formula is C10H11NO2. The van der Waals surface area contributed by atoms with Crippen molar-refractivity contribution in [2.24, 2.45) is 0 Å². The van der Waals surface area contributed by atoms with Crippen LogP contribution in [0.1, 0.15) is 15.9 Å². The molecule has 13 heavy (non-hydrogen) atoms. The standard InChI is InChI=1S/C10H11NO2/c1-13-7-8-2-4-9(5-3-8)10(12)6-11/h2-6,11H,7H2,1H3. The molecule has 1 aromatic rings. The fraction of sp³-hybridized carbons (Fsp3) is 0.200. The lowest BCUT2D eigenvalue weighted by Gasteiger charge is -1.99. The van der Waals surface area contributed by atoms with Crippen LogP contribution in [0.4, 0.5) is 0 Å². The van der Waals surface area contributed by atoms with Gasteiger partial charge in [0.05, 0.1) is 12.8 Å². The summed E-state index contributed by atoms with van der Waals surface area (Å²) in [6, 6.07) is 7.03. The van der Waals surface area contributed by atoms with Crippen molar-refractivity contribution in [1.29, 1.82) is 5.41 Å². The third kappa shape index (κ3) is 2.49. The Bertz CT molecular complexity index is 303. The van der Waals surface area contributed by atoms with E-state index < -0.39 is 0 Å². The van der Waals surface area contributed by atoms with Gasteiger partial charge < -0.3 is 10.1 Å². The van der Waals surface area contributed by atoms with E-state index in [4.69, 9.17) is 10.1 Å². The Balaban J connectivity index is 2.80. The minimum Gasteiger partial charge on any atom is -0.380 e. The lowest BCUT2D eigenvalue weighted by molar-refractivity contribution is 0.107. The summed E-state index contributed by atoms with van der Waals surface area (Å²) in [5, 5.41) is 6.78. The Morgan fingerprint density at radius 1 is 1.46 bits per heavy atom. The molecule has 0 aliphatic carbocycles. The first-order valence-corrected chi connectivity index (χ1v) is 3.90. The molecule has 1 N–H and O–H groups in total. The van der Waals surface area contributed by atoms with Crippen LogP contribution in [0.2, 0.25) is 0 Å². The molecule has 0 spiro atoms. The summed E-state index contributed by atoms with van der Waals surface area (Å²) in [6.45, 7) is 0.541. The molecule has 3 nitrogen and oxygen atoms in total. The zero-order chi connectivity index (χ0) is 9.68. The maximum atomic E-state index is 11.0. The SMILES string of the molecule is COCc1ccc(C(=O)C=N)cc1. The van der Waals surface area contributed by atoms with Crippen LogP contribution >= 0.6 is 0 Å². The van der Waals surface area contributed by atoms with Crippen molar-refractivity contribution in [3.05, 3.63) is 35.4 Å². The first kappa shape index (κ1) is 9.61. The third-order valence-corrected chi connectivity index (χ3v) is 1.68. The van der Waals surface area contributed by atoms with Gasteiger partial charge in [-0.15, -0.1) is 0 Å². The topological polar surface area (TPSA) is 50.2 Å². The van der Waals surface area contributed by atoms with Gasteiger partial charge in [0.25, 0.3) is 0 Å². The first-order chi connectivity index (χ1) is 6.27. The van der Waals surface area contributed by atoms with Gasteiger partial charge in [0, 0.05) is 12.7 Å². The highest BCUT2D eigenvalue weighted by molar-refractivity contribution is 6.34. The Morgan fingerprint density at radius 3 is 2.54 bits per heavy atom. The average Bonchev–Trinajstić information content (AvgIpc) is 2.18. The lowest BCUT2D eigenvalue weighted by atomic mass is 10.1. The first-order valence-electron chi connectivity index (χ1n) is 3.90. The van der Waals surface area contributed by atoms with Crippen LogP contribution < -0.4 is 0 Å². The molecule has 1 rings (SSSR count). The number of hydrogen-bond donors (Lipinski definition) is 1. The van der Waals surface area contributed by atoms with Gasteiger partial charge in [0.2, 0.25) is 5.78 Å². The maximum Gasteiger partial charge on any atom is 0.203 e. The van der Waals surface area contributed by atoms with Crippen LogP contribution in [0.25, 0.3) is 0 Å². The molecule has 0 amide bonds. The molecule has 0 aliphatic heterocycles. The highest BCUT2D eigenvalue weighted by Crippen LogP contribution is 2.05. The highest BCUT2D eigenvalue weighted by Gasteiger charge is 2.00. The quantitative estimate of drug-likeness (QED) is 0.561. The summed E-state index contributed by atoms with van der Waals surface area (Å²) in [7, 11) is 1.62. The third-order valence-electron chi connectivity index (χ3n) is 1.68. The summed E-state index contributed by atoms with van der Waals surface area (Å²) < 4.78 is 4.92. The molecule has 1 aromatic carbocycles. The molecule has 0 bridgehead atoms. The van der Waals surface area contributed by atoms with Gasteiger partial charge >= 0.3 is 0 Å². The van der Waals surface area contributed by atoms with Crippen molar-refractivity contribution in [3.8, 4) is 0 Å². The molecule has 0 heterocycles. The second-order valence-corrected chi connectivity index (χ2v) is 2.64. The number of ketones is 1. The minimum atomic E-state index is -0.274. The van der Waals surface area contributed by atoms with Crippen molar-refractivity contribution in [3.63, 3.8) is 0 Å². The van der Waals surface area contributed by atoms with E-state index in [-0.39, 0.29) is 5.78 Å². The summed E-state index contributed by atoms with van der Waals surface area (Å²) in [5.41, 5.74) is 1.55. The van der Waals surface area contributed by atoms with Gasteiger partial charge in [-0.1, -0.05) is 24.3 Å². The highest BCUT2D eigenvalue weighted by atomic mass is 16.5. The average molecular weight is 177 g/mol. The number of Topliss-reactive ketones (excluding diaryl/α,β-unsaturated/α-hetero) is 1. The minimum absolute atomic E-state index is 0.274. The van der Waals surface area contributed by atoms with Crippen molar-refractivity contribution >= 4 is 12.0 Å². The number of nitrogens with one attached hydrogen (secondary N) is 1. The monoisotopic (exact) mass is 177 g/mol. The zero-order valence-corrected chi connectivity index (χ0v) is 7.41. The molecule has 0 saturated heterocycles. The van der Waals surface area contributed by atoms with E-state index in [1.807, 2.05) is 12.1 Å². The summed E-state index contributed by atoms with van der Waals surface area (Å²) in [5.74, 6) is -0.274. The fourth-order valence-electron chi connectivity index (χ4n) is 1.02. The van der Waals surface area contributed by atoms with E-state index in [2.05, 4.69) is 0 Å². The summed E-state index contributed by atoms with van der Waals surface area (Å²) in [6.07, 6.45) is 0.811. The van der Waals surface area contributed by atoms with Gasteiger partial charge in [-0.25, -0.2) is 0 Å². The molecule has 3 heteroatoms. The largest absolute Gasteiger partial charge is 0.380 e. The van der Waals surface area contributed by atoms with E-state index in [9.17, 15) is 4.79 Å². The van der Waals surface area contributed by atoms with Crippen molar-refractivity contribution < 1.29 is 9.53 Å². The van der Waals surface area contributed by atoms with Crippen LogP contribution in [0.3, 0.4) is 0 Å². The predicted octanol–water partition coefficient (Wildman–Crippen LogP) is 1.67. The molecular weight excluding hydrogens is 166 g/mol. The van der Waals surface area contributed by atoms with Crippen LogP contribution in [-0.2, 0) is 11.3 Å². The number of hydrogen-bond acceptors (Lipinski definition) is 3. The van der Waals surface area contributed by atoms with Crippen LogP contribution in [0.5, 0.6) is 0 Å². The van der Waals surface area contributed by atoms with Gasteiger partial charge in [0.1, 0.15) is 0 Å². The van der Waals surface area contributed by atoms with Gasteiger partial charge in [-0.3, -0.25) is 4.79 Å². The summed E-state index contributed by atoms with van der Waals surface area (Å²) in [4.78, 5) is 11.0. The number of ether oxygens (including phenoxy) is 1. The van der Waals surface area contributed by atoms with Crippen molar-refractivity contribution in [2.75, 3.05) is 7.11 Å². The fourth-order valence-corrected chi connectivity index (χ4v) is 1.02. The predicted molar refractivity (Wildman–Crippen MR) is 50.3 cm³/mol. The molecule has 0 radical (unpaired) electrons. The maximum absolute atomic E-state index is 11.0. The second-order valence-electron chi connectivity index (χ2n) is 2.64. The molecule has 0 saturated carbocycles. The Labute approximate surface area is 76.9 Å². The van der Waals surface area contributed by atoms with Gasteiger partial charge in [-0.2, -0.15) is 0 Å². The molecule has 0 atom stereocenters. The number of carbonyl (C=O) groups excluding carboxylic acids is 1. The van der Waals surface area contributed by atoms with E-state index in [1.165, 1.54) is 0 Å². The Morgan fingerprint density at radius 2 is 2.08 bits per heavy atom. The number of carbonyl (C=O) groups is 1. The molecule has 0 aliphatic rings. The van der Waals surface area contributed by atoms with Crippen LogP contribution in [-0.4, -0.2) is 19.1 Å². The van der Waals surface area contributed by atoms with E-state index in [0.717, 1.165) is 11.8 Å². The van der Waals surface area contributed by atoms with Crippen molar-refractivity contribution in [1.82, 2.24) is 0 Å². The van der Waals surface area contributed by atoms with Gasteiger partial charge in [-0.05, 0) is 5.56 Å². The lowest BCUT2D eigenvalue weighted by Crippen LogP contribution is -1.99. The molecule has 68 valence electrons. The smallest absolute Gasteiger partial charge is 0.203 e.